The number of hydrogen-bond acceptors (Lipinski definition) is 10. The number of carbonyl (C=O) groups is 2. The SMILES string of the molecule is COc1c([C@H]2C(=C(O)c3ccc4c(c3)OCO4)C(=O)C(=O)N2CCN2CCCC2)cc2c(c1OC)OCO2. The van der Waals surface area contributed by atoms with E-state index < -0.39 is 17.7 Å². The van der Waals surface area contributed by atoms with E-state index in [1.54, 1.807) is 24.3 Å². The van der Waals surface area contributed by atoms with Gasteiger partial charge in [-0.3, -0.25) is 9.59 Å². The van der Waals surface area contributed by atoms with E-state index >= 15 is 0 Å². The molecule has 38 heavy (non-hydrogen) atoms. The molecule has 2 aromatic carbocycles. The molecule has 0 saturated carbocycles. The molecule has 1 amide bonds. The summed E-state index contributed by atoms with van der Waals surface area (Å²) < 4.78 is 33.4. The van der Waals surface area contributed by atoms with Gasteiger partial charge in [-0.2, -0.15) is 0 Å². The van der Waals surface area contributed by atoms with Crippen molar-refractivity contribution in [1.29, 1.82) is 0 Å². The number of methoxy groups -OCH3 is 2. The Hall–Kier alpha value is -4.12. The second-order valence-corrected chi connectivity index (χ2v) is 9.38. The predicted octanol–water partition coefficient (Wildman–Crippen LogP) is 2.68. The van der Waals surface area contributed by atoms with Gasteiger partial charge in [-0.15, -0.1) is 0 Å². The fraction of sp³-hybridized carbons (Fsp3) is 0.407. The van der Waals surface area contributed by atoms with Gasteiger partial charge in [0.2, 0.25) is 25.1 Å². The molecule has 4 heterocycles. The zero-order chi connectivity index (χ0) is 26.4. The highest BCUT2D eigenvalue weighted by Crippen LogP contribution is 2.54. The molecule has 0 unspecified atom stereocenters. The Morgan fingerprint density at radius 1 is 0.921 bits per heavy atom. The minimum absolute atomic E-state index is 0.00928. The first-order chi connectivity index (χ1) is 18.5. The number of amides is 1. The number of carbonyl (C=O) groups excluding carboxylic acids is 2. The van der Waals surface area contributed by atoms with Gasteiger partial charge in [-0.05, 0) is 50.2 Å². The third-order valence-corrected chi connectivity index (χ3v) is 7.35. The fourth-order valence-corrected chi connectivity index (χ4v) is 5.50. The lowest BCUT2D eigenvalue weighted by atomic mass is 9.93. The molecule has 4 aliphatic heterocycles. The molecule has 1 atom stereocenters. The molecule has 2 aromatic rings. The Labute approximate surface area is 219 Å². The standard InChI is InChI=1S/C27H28N2O9/c1-33-24-16(12-19-25(26(24)34-2)38-14-37-19)21-20(22(30)15-5-6-17-18(11-15)36-13-35-17)23(31)27(32)29(21)10-9-28-7-3-4-8-28/h5-6,11-12,21,30H,3-4,7-10,13-14H2,1-2H3/t21-/m0/s1. The summed E-state index contributed by atoms with van der Waals surface area (Å²) in [6.07, 6.45) is 2.19. The summed E-state index contributed by atoms with van der Waals surface area (Å²) in [7, 11) is 2.94. The van der Waals surface area contributed by atoms with E-state index in [1.807, 2.05) is 0 Å². The molecule has 4 aliphatic rings. The maximum Gasteiger partial charge on any atom is 0.295 e. The number of Topliss-reactive ketones (excluding diaryl/α,β-unsaturated/α-hetero) is 1. The zero-order valence-electron chi connectivity index (χ0n) is 21.2. The Morgan fingerprint density at radius 3 is 2.39 bits per heavy atom. The van der Waals surface area contributed by atoms with Crippen LogP contribution in [0.15, 0.2) is 29.8 Å². The monoisotopic (exact) mass is 524 g/mol. The lowest BCUT2D eigenvalue weighted by Gasteiger charge is -2.29. The van der Waals surface area contributed by atoms with E-state index in [2.05, 4.69) is 4.90 Å². The first kappa shape index (κ1) is 24.2. The van der Waals surface area contributed by atoms with Gasteiger partial charge in [0.25, 0.3) is 11.7 Å². The molecule has 2 saturated heterocycles. The van der Waals surface area contributed by atoms with Crippen molar-refractivity contribution in [3.63, 3.8) is 0 Å². The van der Waals surface area contributed by atoms with Crippen LogP contribution in [-0.2, 0) is 9.59 Å². The number of aliphatic hydroxyl groups is 1. The van der Waals surface area contributed by atoms with Crippen molar-refractivity contribution in [2.45, 2.75) is 18.9 Å². The molecule has 0 aromatic heterocycles. The van der Waals surface area contributed by atoms with Gasteiger partial charge >= 0.3 is 0 Å². The third-order valence-electron chi connectivity index (χ3n) is 7.35. The Balaban J connectivity index is 1.51. The van der Waals surface area contributed by atoms with Gasteiger partial charge in [0.15, 0.2) is 23.0 Å². The summed E-state index contributed by atoms with van der Waals surface area (Å²) in [5.74, 6) is 0.498. The number of ketones is 1. The van der Waals surface area contributed by atoms with Crippen LogP contribution in [0, 0.1) is 0 Å². The average Bonchev–Trinajstić information content (AvgIpc) is 3.74. The van der Waals surface area contributed by atoms with Gasteiger partial charge < -0.3 is 43.3 Å². The van der Waals surface area contributed by atoms with Crippen LogP contribution in [0.4, 0.5) is 0 Å². The number of likely N-dealkylation sites (tertiary alicyclic amines) is 2. The maximum atomic E-state index is 13.5. The molecular weight excluding hydrogens is 496 g/mol. The first-order valence-corrected chi connectivity index (χ1v) is 12.5. The van der Waals surface area contributed by atoms with Crippen LogP contribution in [0.3, 0.4) is 0 Å². The Morgan fingerprint density at radius 2 is 1.63 bits per heavy atom. The predicted molar refractivity (Wildman–Crippen MR) is 133 cm³/mol. The van der Waals surface area contributed by atoms with Crippen molar-refractivity contribution in [2.75, 3.05) is 54.0 Å². The molecule has 2 fully saturated rings. The second-order valence-electron chi connectivity index (χ2n) is 9.38. The quantitative estimate of drug-likeness (QED) is 0.329. The topological polar surface area (TPSA) is 116 Å². The number of hydrogen-bond donors (Lipinski definition) is 1. The van der Waals surface area contributed by atoms with Gasteiger partial charge in [-0.25, -0.2) is 0 Å². The molecular formula is C27H28N2O9. The highest BCUT2D eigenvalue weighted by atomic mass is 16.7. The highest BCUT2D eigenvalue weighted by molar-refractivity contribution is 6.46. The van der Waals surface area contributed by atoms with Crippen LogP contribution in [-0.4, -0.2) is 80.6 Å². The van der Waals surface area contributed by atoms with Gasteiger partial charge in [0.1, 0.15) is 5.76 Å². The summed E-state index contributed by atoms with van der Waals surface area (Å²) in [4.78, 5) is 30.7. The third kappa shape index (κ3) is 3.85. The van der Waals surface area contributed by atoms with Crippen molar-refractivity contribution in [1.82, 2.24) is 9.80 Å². The van der Waals surface area contributed by atoms with Crippen molar-refractivity contribution in [2.24, 2.45) is 0 Å². The van der Waals surface area contributed by atoms with Crippen molar-refractivity contribution in [3.05, 3.63) is 41.0 Å². The fourth-order valence-electron chi connectivity index (χ4n) is 5.50. The smallest absolute Gasteiger partial charge is 0.295 e. The number of aliphatic hydroxyl groups excluding tert-OH is 1. The number of nitrogens with zero attached hydrogens (tertiary/aromatic N) is 2. The number of benzene rings is 2. The molecule has 1 N–H and O–H groups in total. The summed E-state index contributed by atoms with van der Waals surface area (Å²) in [6.45, 7) is 2.81. The van der Waals surface area contributed by atoms with Gasteiger partial charge in [-0.1, -0.05) is 0 Å². The summed E-state index contributed by atoms with van der Waals surface area (Å²) >= 11 is 0. The normalized spacial score (nSPS) is 21.4. The van der Waals surface area contributed by atoms with Crippen LogP contribution >= 0.6 is 0 Å². The van der Waals surface area contributed by atoms with Crippen molar-refractivity contribution in [3.8, 4) is 34.5 Å². The van der Waals surface area contributed by atoms with Crippen LogP contribution < -0.4 is 28.4 Å². The molecule has 0 aliphatic carbocycles. The minimum Gasteiger partial charge on any atom is -0.507 e. The molecule has 0 radical (unpaired) electrons. The summed E-state index contributed by atoms with van der Waals surface area (Å²) in [5.41, 5.74) is 0.703. The maximum absolute atomic E-state index is 13.5. The molecule has 0 spiro atoms. The van der Waals surface area contributed by atoms with Crippen molar-refractivity contribution >= 4 is 17.4 Å². The van der Waals surface area contributed by atoms with Crippen LogP contribution in [0.25, 0.3) is 5.76 Å². The lowest BCUT2D eigenvalue weighted by molar-refractivity contribution is -0.140. The summed E-state index contributed by atoms with van der Waals surface area (Å²) in [6, 6.07) is 5.58. The average molecular weight is 525 g/mol. The molecule has 200 valence electrons. The van der Waals surface area contributed by atoms with E-state index in [-0.39, 0.29) is 43.0 Å². The van der Waals surface area contributed by atoms with E-state index in [9.17, 15) is 14.7 Å². The molecule has 11 nitrogen and oxygen atoms in total. The van der Waals surface area contributed by atoms with Crippen LogP contribution in [0.2, 0.25) is 0 Å². The number of fused-ring (bicyclic) bond motifs is 2. The zero-order valence-corrected chi connectivity index (χ0v) is 21.2. The highest BCUT2D eigenvalue weighted by Gasteiger charge is 2.48. The molecule has 11 heteroatoms. The molecule has 6 rings (SSSR count). The van der Waals surface area contributed by atoms with E-state index in [0.29, 0.717) is 40.7 Å². The summed E-state index contributed by atoms with van der Waals surface area (Å²) in [5, 5.41) is 11.5. The van der Waals surface area contributed by atoms with Crippen LogP contribution in [0.1, 0.15) is 30.0 Å². The Kier molecular flexibility index (Phi) is 6.15. The van der Waals surface area contributed by atoms with Crippen LogP contribution in [0.5, 0.6) is 34.5 Å². The minimum atomic E-state index is -0.957. The first-order valence-electron chi connectivity index (χ1n) is 12.5. The van der Waals surface area contributed by atoms with E-state index in [0.717, 1.165) is 25.9 Å². The lowest BCUT2D eigenvalue weighted by Crippen LogP contribution is -2.37. The second kappa shape index (κ2) is 9.64. The number of ether oxygens (including phenoxy) is 6. The van der Waals surface area contributed by atoms with E-state index in [4.69, 9.17) is 28.4 Å². The van der Waals surface area contributed by atoms with E-state index in [1.165, 1.54) is 19.1 Å². The van der Waals surface area contributed by atoms with Crippen molar-refractivity contribution < 1.29 is 43.1 Å². The largest absolute Gasteiger partial charge is 0.507 e. The van der Waals surface area contributed by atoms with Gasteiger partial charge in [0, 0.05) is 24.2 Å². The Bertz CT molecular complexity index is 1330. The molecule has 0 bridgehead atoms. The van der Waals surface area contributed by atoms with Gasteiger partial charge in [0.05, 0.1) is 25.8 Å². The number of rotatable bonds is 7.